The molecule has 0 radical (unpaired) electrons. The Morgan fingerprint density at radius 3 is 2.41 bits per heavy atom. The monoisotopic (exact) mass is 399 g/mol. The Labute approximate surface area is 160 Å². The maximum absolute atomic E-state index is 12.7. The Hall–Kier alpha value is -2.35. The molecule has 8 heteroatoms. The number of rotatable bonds is 8. The summed E-state index contributed by atoms with van der Waals surface area (Å²) >= 11 is 1.04. The number of anilines is 1. The number of benzene rings is 2. The summed E-state index contributed by atoms with van der Waals surface area (Å²) in [4.78, 5) is 12.5. The zero-order chi connectivity index (χ0) is 19.9. The first-order valence-electron chi connectivity index (χ1n) is 8.33. The zero-order valence-electron chi connectivity index (χ0n) is 14.9. The van der Waals surface area contributed by atoms with Gasteiger partial charge in [-0.3, -0.25) is 4.79 Å². The van der Waals surface area contributed by atoms with Gasteiger partial charge in [0.1, 0.15) is 0 Å². The number of amides is 1. The second-order valence-corrected chi connectivity index (χ2v) is 6.44. The van der Waals surface area contributed by atoms with Crippen LogP contribution in [0.1, 0.15) is 19.4 Å². The van der Waals surface area contributed by atoms with Gasteiger partial charge in [0.15, 0.2) is 11.5 Å². The molecule has 4 nitrogen and oxygen atoms in total. The van der Waals surface area contributed by atoms with Gasteiger partial charge in [-0.1, -0.05) is 6.07 Å². The van der Waals surface area contributed by atoms with E-state index in [1.807, 2.05) is 13.8 Å². The van der Waals surface area contributed by atoms with Crippen molar-refractivity contribution in [2.24, 2.45) is 0 Å². The van der Waals surface area contributed by atoms with Crippen molar-refractivity contribution in [3.05, 3.63) is 48.0 Å². The van der Waals surface area contributed by atoms with Gasteiger partial charge in [-0.2, -0.15) is 13.2 Å². The summed E-state index contributed by atoms with van der Waals surface area (Å²) in [6.07, 6.45) is -4.41. The van der Waals surface area contributed by atoms with Gasteiger partial charge in [0, 0.05) is 16.6 Å². The average Bonchev–Trinajstić information content (AvgIpc) is 2.62. The minimum Gasteiger partial charge on any atom is -0.490 e. The van der Waals surface area contributed by atoms with Gasteiger partial charge < -0.3 is 14.8 Å². The van der Waals surface area contributed by atoms with Crippen molar-refractivity contribution in [3.63, 3.8) is 0 Å². The van der Waals surface area contributed by atoms with Crippen LogP contribution in [0.3, 0.4) is 0 Å². The van der Waals surface area contributed by atoms with E-state index in [2.05, 4.69) is 5.32 Å². The molecular weight excluding hydrogens is 379 g/mol. The molecular formula is C19H20F3NO3S. The smallest absolute Gasteiger partial charge is 0.416 e. The van der Waals surface area contributed by atoms with Gasteiger partial charge in [-0.05, 0) is 44.2 Å². The second kappa shape index (κ2) is 9.55. The van der Waals surface area contributed by atoms with Crippen LogP contribution >= 0.6 is 11.8 Å². The highest BCUT2D eigenvalue weighted by Gasteiger charge is 2.30. The summed E-state index contributed by atoms with van der Waals surface area (Å²) in [6, 6.07) is 9.92. The van der Waals surface area contributed by atoms with Crippen LogP contribution in [-0.4, -0.2) is 24.9 Å². The summed E-state index contributed by atoms with van der Waals surface area (Å²) in [7, 11) is 0. The molecule has 1 amide bonds. The van der Waals surface area contributed by atoms with E-state index in [0.717, 1.165) is 23.9 Å². The largest absolute Gasteiger partial charge is 0.490 e. The van der Waals surface area contributed by atoms with Gasteiger partial charge in [-0.25, -0.2) is 0 Å². The fourth-order valence-electron chi connectivity index (χ4n) is 2.24. The van der Waals surface area contributed by atoms with Crippen molar-refractivity contribution >= 4 is 23.4 Å². The van der Waals surface area contributed by atoms with Crippen LogP contribution < -0.4 is 14.8 Å². The molecule has 27 heavy (non-hydrogen) atoms. The SMILES string of the molecule is CCOc1ccc(NC(=O)CSc2cccc(C(F)(F)F)c2)cc1OCC. The molecule has 0 unspecified atom stereocenters. The molecule has 2 aromatic carbocycles. The van der Waals surface area contributed by atoms with E-state index in [4.69, 9.17) is 9.47 Å². The topological polar surface area (TPSA) is 47.6 Å². The Balaban J connectivity index is 1.99. The summed E-state index contributed by atoms with van der Waals surface area (Å²) in [5.41, 5.74) is -0.211. The number of hydrogen-bond acceptors (Lipinski definition) is 4. The molecule has 0 atom stereocenters. The van der Waals surface area contributed by atoms with Crippen LogP contribution in [0.25, 0.3) is 0 Å². The number of hydrogen-bond donors (Lipinski definition) is 1. The fraction of sp³-hybridized carbons (Fsp3) is 0.316. The van der Waals surface area contributed by atoms with E-state index in [1.165, 1.54) is 12.1 Å². The lowest BCUT2D eigenvalue weighted by molar-refractivity contribution is -0.137. The summed E-state index contributed by atoms with van der Waals surface area (Å²) < 4.78 is 49.2. The number of ether oxygens (including phenoxy) is 2. The number of alkyl halides is 3. The number of halogens is 3. The van der Waals surface area contributed by atoms with E-state index < -0.39 is 11.7 Å². The highest BCUT2D eigenvalue weighted by molar-refractivity contribution is 8.00. The molecule has 146 valence electrons. The van der Waals surface area contributed by atoms with Crippen LogP contribution in [0.5, 0.6) is 11.5 Å². The Kier molecular flexibility index (Phi) is 7.41. The molecule has 0 aliphatic carbocycles. The van der Waals surface area contributed by atoms with Crippen molar-refractivity contribution in [1.29, 1.82) is 0 Å². The van der Waals surface area contributed by atoms with Crippen molar-refractivity contribution in [2.45, 2.75) is 24.9 Å². The van der Waals surface area contributed by atoms with Crippen molar-refractivity contribution in [2.75, 3.05) is 24.3 Å². The van der Waals surface area contributed by atoms with Gasteiger partial charge in [-0.15, -0.1) is 11.8 Å². The van der Waals surface area contributed by atoms with E-state index in [-0.39, 0.29) is 11.7 Å². The molecule has 0 fully saturated rings. The molecule has 0 heterocycles. The first kappa shape index (κ1) is 21.0. The zero-order valence-corrected chi connectivity index (χ0v) is 15.7. The normalized spacial score (nSPS) is 11.1. The minimum absolute atomic E-state index is 0.0154. The molecule has 0 aliphatic heterocycles. The van der Waals surface area contributed by atoms with Crippen molar-refractivity contribution in [3.8, 4) is 11.5 Å². The number of nitrogens with one attached hydrogen (secondary N) is 1. The lowest BCUT2D eigenvalue weighted by Gasteiger charge is -2.13. The lowest BCUT2D eigenvalue weighted by atomic mass is 10.2. The lowest BCUT2D eigenvalue weighted by Crippen LogP contribution is -2.14. The molecule has 1 N–H and O–H groups in total. The van der Waals surface area contributed by atoms with Crippen LogP contribution in [-0.2, 0) is 11.0 Å². The van der Waals surface area contributed by atoms with Crippen LogP contribution in [0, 0.1) is 0 Å². The summed E-state index contributed by atoms with van der Waals surface area (Å²) in [5.74, 6) is 0.751. The Morgan fingerprint density at radius 2 is 1.74 bits per heavy atom. The predicted octanol–water partition coefficient (Wildman–Crippen LogP) is 5.23. The minimum atomic E-state index is -4.41. The van der Waals surface area contributed by atoms with Gasteiger partial charge in [0.2, 0.25) is 5.91 Å². The highest BCUT2D eigenvalue weighted by atomic mass is 32.2. The van der Waals surface area contributed by atoms with Crippen molar-refractivity contribution in [1.82, 2.24) is 0 Å². The third-order valence-corrected chi connectivity index (χ3v) is 4.35. The quantitative estimate of drug-likeness (QED) is 0.617. The third-order valence-electron chi connectivity index (χ3n) is 3.36. The number of carbonyl (C=O) groups excluding carboxylic acids is 1. The molecule has 0 bridgehead atoms. The van der Waals surface area contributed by atoms with E-state index >= 15 is 0 Å². The van der Waals surface area contributed by atoms with Gasteiger partial charge >= 0.3 is 6.18 Å². The Bertz CT molecular complexity index is 781. The van der Waals surface area contributed by atoms with Crippen LogP contribution in [0.4, 0.5) is 18.9 Å². The van der Waals surface area contributed by atoms with Crippen LogP contribution in [0.15, 0.2) is 47.4 Å². The molecule has 2 aromatic rings. The number of thioether (sulfide) groups is 1. The molecule has 0 saturated heterocycles. The van der Waals surface area contributed by atoms with E-state index in [1.54, 1.807) is 18.2 Å². The molecule has 0 aromatic heterocycles. The van der Waals surface area contributed by atoms with Gasteiger partial charge in [0.25, 0.3) is 0 Å². The van der Waals surface area contributed by atoms with Gasteiger partial charge in [0.05, 0.1) is 24.5 Å². The van der Waals surface area contributed by atoms with E-state index in [0.29, 0.717) is 35.3 Å². The summed E-state index contributed by atoms with van der Waals surface area (Å²) in [6.45, 7) is 4.63. The van der Waals surface area contributed by atoms with Crippen molar-refractivity contribution < 1.29 is 27.4 Å². The first-order valence-corrected chi connectivity index (χ1v) is 9.31. The predicted molar refractivity (Wildman–Crippen MR) is 99.6 cm³/mol. The summed E-state index contributed by atoms with van der Waals surface area (Å²) in [5, 5.41) is 2.71. The molecule has 2 rings (SSSR count). The average molecular weight is 399 g/mol. The maximum atomic E-state index is 12.7. The second-order valence-electron chi connectivity index (χ2n) is 5.39. The maximum Gasteiger partial charge on any atom is 0.416 e. The number of carbonyl (C=O) groups is 1. The molecule has 0 spiro atoms. The third kappa shape index (κ3) is 6.39. The Morgan fingerprint density at radius 1 is 1.04 bits per heavy atom. The molecule has 0 saturated carbocycles. The first-order chi connectivity index (χ1) is 12.8. The molecule has 0 aliphatic rings. The standard InChI is InChI=1S/C19H20F3NO3S/c1-3-25-16-9-8-14(11-17(16)26-4-2)23-18(24)12-27-15-7-5-6-13(10-15)19(20,21)22/h5-11H,3-4,12H2,1-2H3,(H,23,24). The van der Waals surface area contributed by atoms with E-state index in [9.17, 15) is 18.0 Å². The van der Waals surface area contributed by atoms with Crippen LogP contribution in [0.2, 0.25) is 0 Å². The fourth-order valence-corrected chi connectivity index (χ4v) is 2.99. The highest BCUT2D eigenvalue weighted by Crippen LogP contribution is 2.32.